The molecule has 7 heteroatoms. The van der Waals surface area contributed by atoms with E-state index in [1.165, 1.54) is 5.56 Å². The van der Waals surface area contributed by atoms with E-state index in [-0.39, 0.29) is 11.9 Å². The predicted molar refractivity (Wildman–Crippen MR) is 127 cm³/mol. The Balaban J connectivity index is 1.46. The highest BCUT2D eigenvalue weighted by atomic mass is 16.5. The van der Waals surface area contributed by atoms with Crippen molar-refractivity contribution in [3.05, 3.63) is 70.9 Å². The van der Waals surface area contributed by atoms with E-state index in [1.54, 1.807) is 7.11 Å². The summed E-state index contributed by atoms with van der Waals surface area (Å²) in [4.78, 5) is 17.9. The Kier molecular flexibility index (Phi) is 6.15. The van der Waals surface area contributed by atoms with Gasteiger partial charge in [-0.05, 0) is 43.2 Å². The van der Waals surface area contributed by atoms with E-state index in [0.717, 1.165) is 67.4 Å². The second kappa shape index (κ2) is 9.37. The van der Waals surface area contributed by atoms with Gasteiger partial charge in [-0.2, -0.15) is 5.10 Å². The van der Waals surface area contributed by atoms with Gasteiger partial charge in [-0.25, -0.2) is 0 Å². The molecule has 3 heterocycles. The molecule has 0 bridgehead atoms. The molecule has 2 aliphatic heterocycles. The van der Waals surface area contributed by atoms with E-state index in [9.17, 15) is 4.79 Å². The number of carbonyl (C=O) groups excluding carboxylic acids is 1. The first-order valence-electron chi connectivity index (χ1n) is 11.6. The molecule has 1 amide bonds. The monoisotopic (exact) mass is 446 g/mol. The van der Waals surface area contributed by atoms with Crippen molar-refractivity contribution in [1.29, 1.82) is 0 Å². The van der Waals surface area contributed by atoms with E-state index >= 15 is 0 Å². The van der Waals surface area contributed by atoms with Crippen LogP contribution in [0.5, 0.6) is 5.75 Å². The number of methoxy groups -OCH3 is 1. The summed E-state index contributed by atoms with van der Waals surface area (Å²) in [6.07, 6.45) is 0.920. The number of H-pyrrole nitrogens is 1. The average Bonchev–Trinajstić information content (AvgIpc) is 3.40. The first kappa shape index (κ1) is 21.7. The number of hydrogen-bond donors (Lipinski definition) is 1. The fourth-order valence-electron chi connectivity index (χ4n) is 4.78. The Morgan fingerprint density at radius 3 is 2.48 bits per heavy atom. The molecule has 0 aliphatic carbocycles. The zero-order valence-corrected chi connectivity index (χ0v) is 19.2. The summed E-state index contributed by atoms with van der Waals surface area (Å²) in [6.45, 7) is 7.23. The number of morpholine rings is 1. The second-order valence-electron chi connectivity index (χ2n) is 8.71. The van der Waals surface area contributed by atoms with Gasteiger partial charge in [0.05, 0.1) is 32.1 Å². The van der Waals surface area contributed by atoms with E-state index < -0.39 is 0 Å². The lowest BCUT2D eigenvalue weighted by Gasteiger charge is -2.29. The Hall–Kier alpha value is -3.16. The standard InChI is InChI=1S/C26H30N4O3/c1-18-4-6-20(7-5-18)25-22-23(19-8-10-21(32-2)11-9-19)27-28-24(22)26(31)30(25)13-3-12-29-14-16-33-17-15-29/h4-11,25H,3,12-17H2,1-2H3,(H,27,28). The minimum Gasteiger partial charge on any atom is -0.497 e. The van der Waals surface area contributed by atoms with E-state index in [1.807, 2.05) is 29.2 Å². The van der Waals surface area contributed by atoms with Gasteiger partial charge in [-0.3, -0.25) is 14.8 Å². The van der Waals surface area contributed by atoms with Crippen LogP contribution in [0.15, 0.2) is 48.5 Å². The van der Waals surface area contributed by atoms with Crippen molar-refractivity contribution in [1.82, 2.24) is 20.0 Å². The number of hydrogen-bond acceptors (Lipinski definition) is 5. The lowest BCUT2D eigenvalue weighted by atomic mass is 9.95. The number of fused-ring (bicyclic) bond motifs is 1. The Morgan fingerprint density at radius 2 is 1.79 bits per heavy atom. The Bertz CT molecular complexity index is 1100. The third kappa shape index (κ3) is 4.26. The molecule has 1 aromatic heterocycles. The average molecular weight is 447 g/mol. The van der Waals surface area contributed by atoms with E-state index in [2.05, 4.69) is 46.3 Å². The van der Waals surface area contributed by atoms with Crippen LogP contribution in [0.4, 0.5) is 0 Å². The Labute approximate surface area is 194 Å². The van der Waals surface area contributed by atoms with Gasteiger partial charge in [0, 0.05) is 37.3 Å². The number of aromatic nitrogens is 2. The van der Waals surface area contributed by atoms with Crippen LogP contribution in [0.25, 0.3) is 11.3 Å². The molecular formula is C26H30N4O3. The lowest BCUT2D eigenvalue weighted by molar-refractivity contribution is 0.0354. The maximum atomic E-state index is 13.5. The van der Waals surface area contributed by atoms with Gasteiger partial charge in [0.1, 0.15) is 11.4 Å². The number of nitrogens with one attached hydrogen (secondary N) is 1. The molecule has 2 aliphatic rings. The van der Waals surface area contributed by atoms with Gasteiger partial charge in [-0.15, -0.1) is 0 Å². The summed E-state index contributed by atoms with van der Waals surface area (Å²) in [5.41, 5.74) is 5.65. The molecule has 1 atom stereocenters. The van der Waals surface area contributed by atoms with E-state index in [4.69, 9.17) is 9.47 Å². The second-order valence-corrected chi connectivity index (χ2v) is 8.71. The van der Waals surface area contributed by atoms with Crippen LogP contribution in [0.1, 0.15) is 39.6 Å². The van der Waals surface area contributed by atoms with Crippen molar-refractivity contribution >= 4 is 5.91 Å². The maximum absolute atomic E-state index is 13.5. The molecule has 2 aromatic carbocycles. The molecule has 1 fully saturated rings. The van der Waals surface area contributed by atoms with Crippen molar-refractivity contribution in [2.45, 2.75) is 19.4 Å². The van der Waals surface area contributed by atoms with Crippen LogP contribution in [-0.2, 0) is 4.74 Å². The van der Waals surface area contributed by atoms with Crippen LogP contribution in [-0.4, -0.2) is 72.4 Å². The van der Waals surface area contributed by atoms with Crippen molar-refractivity contribution in [3.8, 4) is 17.0 Å². The number of carbonyl (C=O) groups is 1. The number of rotatable bonds is 7. The SMILES string of the molecule is COc1ccc(-c2n[nH]c3c2C(c2ccc(C)cc2)N(CCCN2CCOCC2)C3=O)cc1. The van der Waals surface area contributed by atoms with Crippen molar-refractivity contribution in [3.63, 3.8) is 0 Å². The van der Waals surface area contributed by atoms with Crippen molar-refractivity contribution in [2.75, 3.05) is 46.5 Å². The van der Waals surface area contributed by atoms with Gasteiger partial charge in [-0.1, -0.05) is 29.8 Å². The third-order valence-corrected chi connectivity index (χ3v) is 6.60. The van der Waals surface area contributed by atoms with Crippen LogP contribution >= 0.6 is 0 Å². The van der Waals surface area contributed by atoms with Crippen molar-refractivity contribution < 1.29 is 14.3 Å². The van der Waals surface area contributed by atoms with Gasteiger partial charge in [0.25, 0.3) is 5.91 Å². The predicted octanol–water partition coefficient (Wildman–Crippen LogP) is 3.66. The first-order chi connectivity index (χ1) is 16.2. The highest BCUT2D eigenvalue weighted by Crippen LogP contribution is 2.43. The summed E-state index contributed by atoms with van der Waals surface area (Å²) < 4.78 is 10.8. The largest absolute Gasteiger partial charge is 0.497 e. The smallest absolute Gasteiger partial charge is 0.273 e. The summed E-state index contributed by atoms with van der Waals surface area (Å²) in [6, 6.07) is 16.1. The lowest BCUT2D eigenvalue weighted by Crippen LogP contribution is -2.38. The molecule has 33 heavy (non-hydrogen) atoms. The molecule has 1 unspecified atom stereocenters. The molecule has 5 rings (SSSR count). The highest BCUT2D eigenvalue weighted by molar-refractivity contribution is 6.00. The van der Waals surface area contributed by atoms with Crippen molar-refractivity contribution in [2.24, 2.45) is 0 Å². The molecule has 1 N–H and O–H groups in total. The molecule has 172 valence electrons. The van der Waals surface area contributed by atoms with E-state index in [0.29, 0.717) is 12.2 Å². The minimum atomic E-state index is -0.159. The number of nitrogens with zero attached hydrogens (tertiary/aromatic N) is 3. The third-order valence-electron chi connectivity index (χ3n) is 6.60. The maximum Gasteiger partial charge on any atom is 0.273 e. The fraction of sp³-hybridized carbons (Fsp3) is 0.385. The highest BCUT2D eigenvalue weighted by Gasteiger charge is 2.41. The summed E-state index contributed by atoms with van der Waals surface area (Å²) in [7, 11) is 1.65. The molecule has 7 nitrogen and oxygen atoms in total. The van der Waals surface area contributed by atoms with Crippen LogP contribution < -0.4 is 4.74 Å². The van der Waals surface area contributed by atoms with Gasteiger partial charge >= 0.3 is 0 Å². The first-order valence-corrected chi connectivity index (χ1v) is 11.6. The van der Waals surface area contributed by atoms with Gasteiger partial charge in [0.2, 0.25) is 0 Å². The van der Waals surface area contributed by atoms with Gasteiger partial charge in [0.15, 0.2) is 0 Å². The number of aromatic amines is 1. The van der Waals surface area contributed by atoms with Crippen LogP contribution in [0.2, 0.25) is 0 Å². The fourth-order valence-corrected chi connectivity index (χ4v) is 4.78. The zero-order valence-electron chi connectivity index (χ0n) is 19.2. The number of ether oxygens (including phenoxy) is 2. The minimum absolute atomic E-state index is 0.0183. The summed E-state index contributed by atoms with van der Waals surface area (Å²) in [5, 5.41) is 7.60. The quantitative estimate of drug-likeness (QED) is 0.600. The Morgan fingerprint density at radius 1 is 1.06 bits per heavy atom. The van der Waals surface area contributed by atoms with Crippen LogP contribution in [0, 0.1) is 6.92 Å². The number of aryl methyl sites for hydroxylation is 1. The molecule has 3 aromatic rings. The number of amides is 1. The number of benzene rings is 2. The molecule has 0 spiro atoms. The normalized spacial score (nSPS) is 18.5. The zero-order chi connectivity index (χ0) is 22.8. The molecule has 0 radical (unpaired) electrons. The summed E-state index contributed by atoms with van der Waals surface area (Å²) >= 11 is 0. The molecule has 0 saturated carbocycles. The summed E-state index contributed by atoms with van der Waals surface area (Å²) in [5.74, 6) is 0.812. The van der Waals surface area contributed by atoms with Crippen LogP contribution in [0.3, 0.4) is 0 Å². The molecule has 1 saturated heterocycles. The van der Waals surface area contributed by atoms with Gasteiger partial charge < -0.3 is 14.4 Å². The topological polar surface area (TPSA) is 70.7 Å². The molecular weight excluding hydrogens is 416 g/mol.